The molecule has 43 heavy (non-hydrogen) atoms. The number of amides is 1. The molecule has 0 spiro atoms. The van der Waals surface area contributed by atoms with Crippen LogP contribution in [0.2, 0.25) is 0 Å². The predicted molar refractivity (Wildman–Crippen MR) is 164 cm³/mol. The van der Waals surface area contributed by atoms with Crippen molar-refractivity contribution < 1.29 is 14.3 Å². The summed E-state index contributed by atoms with van der Waals surface area (Å²) in [5.41, 5.74) is 2.85. The SMILES string of the molecule is CCOC(=O)c1cc2c(=O)n3ccccc3nc2n(Cc2ccccc2)c1=NC(=O)C(c1ccccc1)c1ccccc1. The van der Waals surface area contributed by atoms with E-state index in [0.29, 0.717) is 11.3 Å². The van der Waals surface area contributed by atoms with Crippen LogP contribution in [0.25, 0.3) is 16.7 Å². The second-order valence-electron chi connectivity index (χ2n) is 9.96. The van der Waals surface area contributed by atoms with Gasteiger partial charge in [-0.3, -0.25) is 14.0 Å². The average Bonchev–Trinajstić information content (AvgIpc) is 3.04. The summed E-state index contributed by atoms with van der Waals surface area (Å²) in [5, 5.41) is 0.205. The lowest BCUT2D eigenvalue weighted by atomic mass is 9.91. The molecule has 1 amide bonds. The number of hydrogen-bond acceptors (Lipinski definition) is 5. The van der Waals surface area contributed by atoms with Crippen LogP contribution in [0.1, 0.15) is 39.9 Å². The van der Waals surface area contributed by atoms with Crippen molar-refractivity contribution in [2.75, 3.05) is 6.61 Å². The van der Waals surface area contributed by atoms with Gasteiger partial charge in [0.05, 0.1) is 24.5 Å². The lowest BCUT2D eigenvalue weighted by molar-refractivity contribution is -0.118. The highest BCUT2D eigenvalue weighted by Gasteiger charge is 2.25. The van der Waals surface area contributed by atoms with Gasteiger partial charge in [-0.1, -0.05) is 97.1 Å². The van der Waals surface area contributed by atoms with E-state index in [1.165, 1.54) is 10.5 Å². The van der Waals surface area contributed by atoms with Crippen molar-refractivity contribution in [3.8, 4) is 0 Å². The Morgan fingerprint density at radius 1 is 0.837 bits per heavy atom. The number of aromatic nitrogens is 3. The molecule has 0 aliphatic rings. The standard InChI is InChI=1S/C35H28N4O4/c1-2-43-35(42)28-22-27-31(36-29-20-12-13-21-38(29)34(27)41)39(23-24-14-6-3-7-15-24)32(28)37-33(40)30(25-16-8-4-9-17-25)26-18-10-5-11-19-26/h3-22,30H,2,23H2,1H3. The van der Waals surface area contributed by atoms with Crippen molar-refractivity contribution in [2.24, 2.45) is 4.99 Å². The molecule has 212 valence electrons. The van der Waals surface area contributed by atoms with E-state index in [0.717, 1.165) is 16.7 Å². The molecule has 0 aliphatic heterocycles. The molecule has 3 aromatic heterocycles. The molecule has 0 saturated carbocycles. The number of carbonyl (C=O) groups excluding carboxylic acids is 2. The molecule has 6 aromatic rings. The van der Waals surface area contributed by atoms with Gasteiger partial charge in [0, 0.05) is 6.20 Å². The van der Waals surface area contributed by atoms with E-state index in [9.17, 15) is 14.4 Å². The van der Waals surface area contributed by atoms with Gasteiger partial charge in [0.15, 0.2) is 5.49 Å². The number of nitrogens with zero attached hydrogens (tertiary/aromatic N) is 4. The van der Waals surface area contributed by atoms with Crippen LogP contribution in [0, 0.1) is 0 Å². The van der Waals surface area contributed by atoms with Gasteiger partial charge < -0.3 is 9.30 Å². The van der Waals surface area contributed by atoms with E-state index in [-0.39, 0.29) is 35.1 Å². The summed E-state index contributed by atoms with van der Waals surface area (Å²) in [4.78, 5) is 50.8. The molecule has 0 fully saturated rings. The van der Waals surface area contributed by atoms with Crippen molar-refractivity contribution in [3.63, 3.8) is 0 Å². The average molecular weight is 569 g/mol. The van der Waals surface area contributed by atoms with Crippen LogP contribution in [0.5, 0.6) is 0 Å². The van der Waals surface area contributed by atoms with Crippen LogP contribution in [0.15, 0.2) is 131 Å². The first-order valence-electron chi connectivity index (χ1n) is 14.0. The van der Waals surface area contributed by atoms with Crippen LogP contribution in [-0.2, 0) is 16.1 Å². The number of benzene rings is 3. The first-order valence-corrected chi connectivity index (χ1v) is 14.0. The fourth-order valence-electron chi connectivity index (χ4n) is 5.21. The molecule has 0 saturated heterocycles. The monoisotopic (exact) mass is 568 g/mol. The van der Waals surface area contributed by atoms with Gasteiger partial charge in [-0.05, 0) is 41.8 Å². The van der Waals surface area contributed by atoms with E-state index >= 15 is 0 Å². The van der Waals surface area contributed by atoms with Crippen molar-refractivity contribution in [1.29, 1.82) is 0 Å². The van der Waals surface area contributed by atoms with E-state index < -0.39 is 17.8 Å². The number of fused-ring (bicyclic) bond motifs is 2. The fourth-order valence-corrected chi connectivity index (χ4v) is 5.21. The van der Waals surface area contributed by atoms with E-state index in [1.807, 2.05) is 91.0 Å². The summed E-state index contributed by atoms with van der Waals surface area (Å²) in [5.74, 6) is -1.89. The lowest BCUT2D eigenvalue weighted by Gasteiger charge is -2.17. The molecule has 3 heterocycles. The number of rotatable bonds is 7. The van der Waals surface area contributed by atoms with Crippen LogP contribution in [-0.4, -0.2) is 32.4 Å². The molecular weight excluding hydrogens is 540 g/mol. The highest BCUT2D eigenvalue weighted by molar-refractivity contribution is 5.94. The third kappa shape index (κ3) is 5.50. The van der Waals surface area contributed by atoms with Gasteiger partial charge in [-0.25, -0.2) is 9.78 Å². The Morgan fingerprint density at radius 3 is 2.07 bits per heavy atom. The zero-order valence-corrected chi connectivity index (χ0v) is 23.5. The molecule has 0 aliphatic carbocycles. The molecule has 0 bridgehead atoms. The Hall–Kier alpha value is -5.63. The van der Waals surface area contributed by atoms with Crippen molar-refractivity contribution in [3.05, 3.63) is 160 Å². The summed E-state index contributed by atoms with van der Waals surface area (Å²) in [6, 6.07) is 35.0. The van der Waals surface area contributed by atoms with Crippen LogP contribution >= 0.6 is 0 Å². The third-order valence-corrected chi connectivity index (χ3v) is 7.20. The Morgan fingerprint density at radius 2 is 1.44 bits per heavy atom. The zero-order chi connectivity index (χ0) is 29.8. The second-order valence-corrected chi connectivity index (χ2v) is 9.96. The summed E-state index contributed by atoms with van der Waals surface area (Å²) in [6.07, 6.45) is 1.63. The molecule has 8 nitrogen and oxygen atoms in total. The van der Waals surface area contributed by atoms with Gasteiger partial charge >= 0.3 is 5.97 Å². The number of carbonyl (C=O) groups is 2. The third-order valence-electron chi connectivity index (χ3n) is 7.20. The zero-order valence-electron chi connectivity index (χ0n) is 23.5. The van der Waals surface area contributed by atoms with Crippen LogP contribution in [0.3, 0.4) is 0 Å². The lowest BCUT2D eigenvalue weighted by Crippen LogP contribution is -2.33. The maximum absolute atomic E-state index is 14.2. The largest absolute Gasteiger partial charge is 0.462 e. The quantitative estimate of drug-likeness (QED) is 0.197. The normalized spacial score (nSPS) is 11.7. The topological polar surface area (TPSA) is 95.0 Å². The Labute approximate surface area is 247 Å². The van der Waals surface area contributed by atoms with Gasteiger partial charge in [0.25, 0.3) is 11.5 Å². The van der Waals surface area contributed by atoms with Crippen LogP contribution < -0.4 is 11.0 Å². The molecule has 0 atom stereocenters. The fraction of sp³-hybridized carbons (Fsp3) is 0.114. The van der Waals surface area contributed by atoms with E-state index in [4.69, 9.17) is 9.72 Å². The van der Waals surface area contributed by atoms with Crippen LogP contribution in [0.4, 0.5) is 0 Å². The molecule has 0 radical (unpaired) electrons. The molecule has 8 heteroatoms. The minimum Gasteiger partial charge on any atom is -0.462 e. The highest BCUT2D eigenvalue weighted by Crippen LogP contribution is 2.26. The molecule has 0 N–H and O–H groups in total. The number of ether oxygens (including phenoxy) is 1. The summed E-state index contributed by atoms with van der Waals surface area (Å²) >= 11 is 0. The minimum atomic E-state index is -0.728. The summed E-state index contributed by atoms with van der Waals surface area (Å²) in [7, 11) is 0. The Bertz CT molecular complexity index is 2030. The molecule has 3 aromatic carbocycles. The van der Waals surface area contributed by atoms with Crippen molar-refractivity contribution in [1.82, 2.24) is 14.0 Å². The van der Waals surface area contributed by atoms with Gasteiger partial charge in [0.1, 0.15) is 16.9 Å². The number of esters is 1. The summed E-state index contributed by atoms with van der Waals surface area (Å²) < 4.78 is 8.50. The minimum absolute atomic E-state index is 0.00767. The van der Waals surface area contributed by atoms with Gasteiger partial charge in [0.2, 0.25) is 0 Å². The number of hydrogen-bond donors (Lipinski definition) is 0. The second kappa shape index (κ2) is 12.1. The number of pyridine rings is 2. The highest BCUT2D eigenvalue weighted by atomic mass is 16.5. The Balaban J connectivity index is 1.69. The molecular formula is C35H28N4O4. The first-order chi connectivity index (χ1) is 21.0. The smallest absolute Gasteiger partial charge is 0.341 e. The van der Waals surface area contributed by atoms with Crippen molar-refractivity contribution in [2.45, 2.75) is 19.4 Å². The predicted octanol–water partition coefficient (Wildman–Crippen LogP) is 5.13. The molecule has 0 unspecified atom stereocenters. The van der Waals surface area contributed by atoms with E-state index in [2.05, 4.69) is 4.99 Å². The van der Waals surface area contributed by atoms with Crippen molar-refractivity contribution >= 4 is 28.6 Å². The summed E-state index contributed by atoms with van der Waals surface area (Å²) in [6.45, 7) is 2.01. The maximum atomic E-state index is 14.2. The van der Waals surface area contributed by atoms with Gasteiger partial charge in [-0.2, -0.15) is 4.99 Å². The maximum Gasteiger partial charge on any atom is 0.341 e. The molecule has 6 rings (SSSR count). The van der Waals surface area contributed by atoms with Gasteiger partial charge in [-0.15, -0.1) is 0 Å². The van der Waals surface area contributed by atoms with E-state index in [1.54, 1.807) is 35.9 Å². The first kappa shape index (κ1) is 27.5. The Kier molecular flexibility index (Phi) is 7.74.